The van der Waals surface area contributed by atoms with Crippen LogP contribution in [0.1, 0.15) is 36.8 Å². The molecule has 1 fully saturated rings. The average molecular weight is 299 g/mol. The van der Waals surface area contributed by atoms with Gasteiger partial charge >= 0.3 is 0 Å². The van der Waals surface area contributed by atoms with Crippen molar-refractivity contribution in [3.05, 3.63) is 29.6 Å². The molecule has 0 unspecified atom stereocenters. The summed E-state index contributed by atoms with van der Waals surface area (Å²) in [6.07, 6.45) is 0.357. The van der Waals surface area contributed by atoms with E-state index in [4.69, 9.17) is 0 Å². The first-order valence-electron chi connectivity index (χ1n) is 6.74. The molecule has 0 saturated heterocycles. The second-order valence-corrected chi connectivity index (χ2v) is 5.50. The molecule has 0 bridgehead atoms. The van der Waals surface area contributed by atoms with Crippen LogP contribution in [0.4, 0.5) is 24.5 Å². The molecule has 3 N–H and O–H groups in total. The molecule has 2 aliphatic rings. The molecule has 0 amide bonds. The van der Waals surface area contributed by atoms with Crippen LogP contribution in [-0.4, -0.2) is 17.3 Å². The number of benzene rings is 1. The third kappa shape index (κ3) is 2.26. The van der Waals surface area contributed by atoms with E-state index in [0.717, 1.165) is 6.42 Å². The molecule has 1 aromatic carbocycles. The van der Waals surface area contributed by atoms with Crippen LogP contribution in [-0.2, 0) is 0 Å². The Morgan fingerprint density at radius 2 is 2.19 bits per heavy atom. The average Bonchev–Trinajstić information content (AvgIpc) is 2.78. The SMILES string of the molecule is C=Cc1cc2c(c(C(F)F)c1F)N(CC1(O)CCC1)NN2. The largest absolute Gasteiger partial charge is 0.388 e. The fourth-order valence-corrected chi connectivity index (χ4v) is 2.77. The van der Waals surface area contributed by atoms with E-state index in [1.807, 2.05) is 0 Å². The number of halogens is 3. The molecule has 1 saturated carbocycles. The lowest BCUT2D eigenvalue weighted by atomic mass is 9.80. The van der Waals surface area contributed by atoms with Gasteiger partial charge < -0.3 is 10.5 Å². The predicted molar refractivity (Wildman–Crippen MR) is 74.4 cm³/mol. The molecule has 0 radical (unpaired) electrons. The van der Waals surface area contributed by atoms with Crippen LogP contribution in [0.3, 0.4) is 0 Å². The number of hydrazine groups is 2. The van der Waals surface area contributed by atoms with Gasteiger partial charge in [0.25, 0.3) is 6.43 Å². The van der Waals surface area contributed by atoms with E-state index in [-0.39, 0.29) is 17.8 Å². The Labute approximate surface area is 120 Å². The molecule has 0 atom stereocenters. The molecule has 1 aliphatic carbocycles. The van der Waals surface area contributed by atoms with Crippen LogP contribution in [0, 0.1) is 5.82 Å². The topological polar surface area (TPSA) is 47.5 Å². The van der Waals surface area contributed by atoms with Gasteiger partial charge in [0, 0.05) is 5.56 Å². The number of alkyl halides is 2. The number of fused-ring (bicyclic) bond motifs is 1. The second-order valence-electron chi connectivity index (χ2n) is 5.50. The lowest BCUT2D eigenvalue weighted by Gasteiger charge is -2.39. The highest BCUT2D eigenvalue weighted by molar-refractivity contribution is 5.80. The number of anilines is 2. The smallest absolute Gasteiger partial charge is 0.268 e. The van der Waals surface area contributed by atoms with Crippen LogP contribution < -0.4 is 16.0 Å². The molecular weight excluding hydrogens is 283 g/mol. The lowest BCUT2D eigenvalue weighted by Crippen LogP contribution is -2.52. The van der Waals surface area contributed by atoms with E-state index in [9.17, 15) is 18.3 Å². The summed E-state index contributed by atoms with van der Waals surface area (Å²) >= 11 is 0. The number of β-amino-alcohol motifs (C(OH)–C–C–N with tert-alkyl or cyclic N) is 1. The van der Waals surface area contributed by atoms with Gasteiger partial charge in [-0.15, -0.1) is 5.53 Å². The van der Waals surface area contributed by atoms with E-state index in [1.54, 1.807) is 0 Å². The lowest BCUT2D eigenvalue weighted by molar-refractivity contribution is -0.0267. The van der Waals surface area contributed by atoms with Gasteiger partial charge in [-0.3, -0.25) is 5.01 Å². The van der Waals surface area contributed by atoms with Crippen molar-refractivity contribution in [1.29, 1.82) is 0 Å². The minimum atomic E-state index is -2.96. The number of rotatable bonds is 4. The zero-order chi connectivity index (χ0) is 15.2. The zero-order valence-electron chi connectivity index (χ0n) is 11.3. The van der Waals surface area contributed by atoms with Crippen molar-refractivity contribution >= 4 is 17.5 Å². The molecule has 0 aromatic heterocycles. The van der Waals surface area contributed by atoms with Gasteiger partial charge in [0.05, 0.1) is 29.1 Å². The summed E-state index contributed by atoms with van der Waals surface area (Å²) in [4.78, 5) is 0. The van der Waals surface area contributed by atoms with Crippen molar-refractivity contribution in [2.75, 3.05) is 17.0 Å². The highest BCUT2D eigenvalue weighted by Gasteiger charge is 2.40. The number of hydrogen-bond acceptors (Lipinski definition) is 4. The maximum absolute atomic E-state index is 14.2. The quantitative estimate of drug-likeness (QED) is 0.800. The maximum atomic E-state index is 14.2. The van der Waals surface area contributed by atoms with Crippen LogP contribution in [0.15, 0.2) is 12.6 Å². The first-order valence-corrected chi connectivity index (χ1v) is 6.74. The molecule has 1 aliphatic heterocycles. The molecule has 0 spiro atoms. The first-order chi connectivity index (χ1) is 9.95. The van der Waals surface area contributed by atoms with Crippen molar-refractivity contribution in [2.24, 2.45) is 0 Å². The van der Waals surface area contributed by atoms with E-state index >= 15 is 0 Å². The monoisotopic (exact) mass is 299 g/mol. The van der Waals surface area contributed by atoms with Crippen molar-refractivity contribution in [1.82, 2.24) is 5.53 Å². The molecule has 114 valence electrons. The Hall–Kier alpha value is -1.73. The van der Waals surface area contributed by atoms with Crippen molar-refractivity contribution in [3.8, 4) is 0 Å². The predicted octanol–water partition coefficient (Wildman–Crippen LogP) is 2.97. The fourth-order valence-electron chi connectivity index (χ4n) is 2.77. The van der Waals surface area contributed by atoms with E-state index in [2.05, 4.69) is 17.5 Å². The Balaban J connectivity index is 2.03. The van der Waals surface area contributed by atoms with Gasteiger partial charge in [-0.05, 0) is 25.3 Å². The van der Waals surface area contributed by atoms with E-state index in [0.29, 0.717) is 18.5 Å². The van der Waals surface area contributed by atoms with Gasteiger partial charge in [-0.1, -0.05) is 12.7 Å². The molecule has 3 rings (SSSR count). The first kappa shape index (κ1) is 14.2. The van der Waals surface area contributed by atoms with E-state index < -0.39 is 23.4 Å². The highest BCUT2D eigenvalue weighted by Crippen LogP contribution is 2.43. The number of hydrogen-bond donors (Lipinski definition) is 3. The zero-order valence-corrected chi connectivity index (χ0v) is 11.3. The number of nitrogens with one attached hydrogen (secondary N) is 2. The molecular formula is C14H16F3N3O. The summed E-state index contributed by atoms with van der Waals surface area (Å²) in [7, 11) is 0. The third-order valence-electron chi connectivity index (χ3n) is 4.07. The van der Waals surface area contributed by atoms with Crippen molar-refractivity contribution < 1.29 is 18.3 Å². The van der Waals surface area contributed by atoms with Gasteiger partial charge in [0.2, 0.25) is 0 Å². The Morgan fingerprint density at radius 1 is 1.48 bits per heavy atom. The van der Waals surface area contributed by atoms with Gasteiger partial charge in [-0.25, -0.2) is 13.2 Å². The highest BCUT2D eigenvalue weighted by atomic mass is 19.3. The number of nitrogens with zero attached hydrogens (tertiary/aromatic N) is 1. The summed E-state index contributed by atoms with van der Waals surface area (Å²) in [6.45, 7) is 3.56. The number of aliphatic hydroxyl groups is 1. The second kappa shape index (κ2) is 4.92. The van der Waals surface area contributed by atoms with Crippen LogP contribution in [0.5, 0.6) is 0 Å². The normalized spacial score (nSPS) is 19.2. The fraction of sp³-hybridized carbons (Fsp3) is 0.429. The Kier molecular flexibility index (Phi) is 3.33. The van der Waals surface area contributed by atoms with Gasteiger partial charge in [-0.2, -0.15) is 0 Å². The summed E-state index contributed by atoms with van der Waals surface area (Å²) in [5.74, 6) is -0.977. The summed E-state index contributed by atoms with van der Waals surface area (Å²) in [5, 5.41) is 11.5. The molecule has 7 heteroatoms. The minimum absolute atomic E-state index is 0.0163. The van der Waals surface area contributed by atoms with Crippen LogP contribution in [0.25, 0.3) is 6.08 Å². The van der Waals surface area contributed by atoms with Crippen molar-refractivity contribution in [3.63, 3.8) is 0 Å². The minimum Gasteiger partial charge on any atom is -0.388 e. The van der Waals surface area contributed by atoms with Crippen LogP contribution in [0.2, 0.25) is 0 Å². The molecule has 21 heavy (non-hydrogen) atoms. The summed E-state index contributed by atoms with van der Waals surface area (Å²) in [6, 6.07) is 1.42. The van der Waals surface area contributed by atoms with Gasteiger partial charge in [0.15, 0.2) is 0 Å². The van der Waals surface area contributed by atoms with Crippen LogP contribution >= 0.6 is 0 Å². The standard InChI is InChI=1S/C14H16F3N3O/c1-2-8-6-9-12(10(11(8)15)13(16)17)20(19-18-9)7-14(21)4-3-5-14/h2,6,13,18-19,21H,1,3-5,7H2. The molecule has 1 heterocycles. The van der Waals surface area contributed by atoms with Gasteiger partial charge in [0.1, 0.15) is 5.82 Å². The third-order valence-corrected chi connectivity index (χ3v) is 4.07. The summed E-state index contributed by atoms with van der Waals surface area (Å²) < 4.78 is 40.8. The Bertz CT molecular complexity index is 587. The molecule has 1 aromatic rings. The molecule has 4 nitrogen and oxygen atoms in total. The van der Waals surface area contributed by atoms with Crippen molar-refractivity contribution in [2.45, 2.75) is 31.3 Å². The summed E-state index contributed by atoms with van der Waals surface area (Å²) in [5.41, 5.74) is 4.27. The van der Waals surface area contributed by atoms with E-state index in [1.165, 1.54) is 17.2 Å². The maximum Gasteiger partial charge on any atom is 0.268 e. The Morgan fingerprint density at radius 3 is 2.71 bits per heavy atom.